The second-order valence-corrected chi connectivity index (χ2v) is 7.87. The number of ether oxygens (including phenoxy) is 1. The molecule has 1 heterocycles. The highest BCUT2D eigenvalue weighted by Crippen LogP contribution is 2.34. The standard InChI is InChI=1S/C24H21F3N4O3/c1-14-2-5-17(12-20(14)24(25,26)27)30-23(33)29-16-6-8-18(9-7-16)34-19-10-11-28-21(13-19)31-22(32)15-3-4-15/h2,5-13,15H,3-4H2,1H3,(H,28,31,32)(H2,29,30,33). The number of benzene rings is 2. The van der Waals surface area contributed by atoms with Crippen LogP contribution in [-0.2, 0) is 11.0 Å². The summed E-state index contributed by atoms with van der Waals surface area (Å²) in [5, 5.41) is 7.70. The molecule has 1 saturated carbocycles. The van der Waals surface area contributed by atoms with Crippen LogP contribution in [0.3, 0.4) is 0 Å². The molecule has 0 bridgehead atoms. The van der Waals surface area contributed by atoms with E-state index in [1.807, 2.05) is 0 Å². The number of pyridine rings is 1. The number of anilines is 3. The highest BCUT2D eigenvalue weighted by Gasteiger charge is 2.32. The maximum atomic E-state index is 13.1. The van der Waals surface area contributed by atoms with E-state index < -0.39 is 17.8 Å². The number of aromatic nitrogens is 1. The summed E-state index contributed by atoms with van der Waals surface area (Å²) in [7, 11) is 0. The molecule has 1 aliphatic carbocycles. The summed E-state index contributed by atoms with van der Waals surface area (Å²) >= 11 is 0. The molecule has 4 rings (SSSR count). The number of hydrogen-bond acceptors (Lipinski definition) is 4. The second-order valence-electron chi connectivity index (χ2n) is 7.87. The molecule has 0 radical (unpaired) electrons. The van der Waals surface area contributed by atoms with Crippen LogP contribution in [0, 0.1) is 12.8 Å². The molecule has 3 amide bonds. The Kier molecular flexibility index (Phi) is 6.40. The molecule has 0 atom stereocenters. The molecule has 3 N–H and O–H groups in total. The zero-order chi connectivity index (χ0) is 24.3. The Balaban J connectivity index is 1.34. The summed E-state index contributed by atoms with van der Waals surface area (Å²) in [4.78, 5) is 28.2. The van der Waals surface area contributed by atoms with Crippen molar-refractivity contribution in [3.63, 3.8) is 0 Å². The van der Waals surface area contributed by atoms with E-state index in [-0.39, 0.29) is 23.1 Å². The number of hydrogen-bond donors (Lipinski definition) is 3. The number of amides is 3. The topological polar surface area (TPSA) is 92.3 Å². The SMILES string of the molecule is Cc1ccc(NC(=O)Nc2ccc(Oc3ccnc(NC(=O)C4CC4)c3)cc2)cc1C(F)(F)F. The number of carbonyl (C=O) groups is 2. The minimum absolute atomic E-state index is 0.0256. The molecule has 1 aliphatic rings. The van der Waals surface area contributed by atoms with Crippen molar-refractivity contribution >= 4 is 29.1 Å². The van der Waals surface area contributed by atoms with Gasteiger partial charge in [0.05, 0.1) is 5.56 Å². The lowest BCUT2D eigenvalue weighted by atomic mass is 10.1. The monoisotopic (exact) mass is 470 g/mol. The van der Waals surface area contributed by atoms with Gasteiger partial charge in [-0.25, -0.2) is 9.78 Å². The number of aryl methyl sites for hydroxylation is 1. The largest absolute Gasteiger partial charge is 0.457 e. The van der Waals surface area contributed by atoms with E-state index in [9.17, 15) is 22.8 Å². The summed E-state index contributed by atoms with van der Waals surface area (Å²) in [6.45, 7) is 1.35. The van der Waals surface area contributed by atoms with Gasteiger partial charge in [-0.15, -0.1) is 0 Å². The lowest BCUT2D eigenvalue weighted by molar-refractivity contribution is -0.138. The molecule has 1 fully saturated rings. The van der Waals surface area contributed by atoms with Crippen molar-refractivity contribution in [2.24, 2.45) is 5.92 Å². The quantitative estimate of drug-likeness (QED) is 0.400. The van der Waals surface area contributed by atoms with Crippen LogP contribution in [0.15, 0.2) is 60.8 Å². The van der Waals surface area contributed by atoms with Gasteiger partial charge < -0.3 is 20.7 Å². The van der Waals surface area contributed by atoms with Gasteiger partial charge in [0.2, 0.25) is 5.91 Å². The smallest absolute Gasteiger partial charge is 0.416 e. The van der Waals surface area contributed by atoms with Crippen LogP contribution in [-0.4, -0.2) is 16.9 Å². The van der Waals surface area contributed by atoms with Gasteiger partial charge >= 0.3 is 12.2 Å². The van der Waals surface area contributed by atoms with E-state index in [0.717, 1.165) is 18.9 Å². The molecule has 176 valence electrons. The molecule has 0 aliphatic heterocycles. The van der Waals surface area contributed by atoms with Gasteiger partial charge in [-0.05, 0) is 67.8 Å². The number of nitrogens with zero attached hydrogens (tertiary/aromatic N) is 1. The van der Waals surface area contributed by atoms with Gasteiger partial charge in [-0.1, -0.05) is 6.07 Å². The average molecular weight is 470 g/mol. The van der Waals surface area contributed by atoms with Crippen LogP contribution in [0.5, 0.6) is 11.5 Å². The summed E-state index contributed by atoms with van der Waals surface area (Å²) in [6, 6.07) is 12.6. The predicted octanol–water partition coefficient (Wildman–Crippen LogP) is 6.19. The minimum atomic E-state index is -4.51. The number of carbonyl (C=O) groups excluding carboxylic acids is 2. The predicted molar refractivity (Wildman–Crippen MR) is 121 cm³/mol. The van der Waals surface area contributed by atoms with Crippen molar-refractivity contribution in [3.05, 3.63) is 71.9 Å². The molecule has 0 unspecified atom stereocenters. The lowest BCUT2D eigenvalue weighted by Gasteiger charge is -2.13. The van der Waals surface area contributed by atoms with Crippen LogP contribution in [0.4, 0.5) is 35.2 Å². The van der Waals surface area contributed by atoms with Crippen molar-refractivity contribution in [1.29, 1.82) is 0 Å². The maximum Gasteiger partial charge on any atom is 0.416 e. The van der Waals surface area contributed by atoms with Crippen molar-refractivity contribution in [3.8, 4) is 11.5 Å². The van der Waals surface area contributed by atoms with Gasteiger partial charge in [0, 0.05) is 29.6 Å². The van der Waals surface area contributed by atoms with E-state index in [4.69, 9.17) is 4.74 Å². The third-order valence-electron chi connectivity index (χ3n) is 5.08. The van der Waals surface area contributed by atoms with Crippen LogP contribution in [0.1, 0.15) is 24.0 Å². The molecule has 0 saturated heterocycles. The van der Waals surface area contributed by atoms with Gasteiger partial charge in [-0.3, -0.25) is 4.79 Å². The van der Waals surface area contributed by atoms with Crippen LogP contribution in [0.25, 0.3) is 0 Å². The number of nitrogens with one attached hydrogen (secondary N) is 3. The van der Waals surface area contributed by atoms with E-state index in [0.29, 0.717) is 23.0 Å². The Bertz CT molecular complexity index is 1210. The first-order valence-electron chi connectivity index (χ1n) is 10.5. The van der Waals surface area contributed by atoms with Crippen molar-refractivity contribution < 1.29 is 27.5 Å². The Labute approximate surface area is 193 Å². The van der Waals surface area contributed by atoms with Crippen molar-refractivity contribution in [2.45, 2.75) is 25.9 Å². The van der Waals surface area contributed by atoms with E-state index in [2.05, 4.69) is 20.9 Å². The van der Waals surface area contributed by atoms with Crippen LogP contribution in [0.2, 0.25) is 0 Å². The maximum absolute atomic E-state index is 13.1. The van der Waals surface area contributed by atoms with Gasteiger partial charge in [0.15, 0.2) is 0 Å². The Morgan fingerprint density at radius 2 is 1.59 bits per heavy atom. The van der Waals surface area contributed by atoms with Crippen molar-refractivity contribution in [2.75, 3.05) is 16.0 Å². The third kappa shape index (κ3) is 6.03. The molecule has 10 heteroatoms. The lowest BCUT2D eigenvalue weighted by Crippen LogP contribution is -2.20. The zero-order valence-corrected chi connectivity index (χ0v) is 18.1. The second kappa shape index (κ2) is 9.42. The molecule has 1 aromatic heterocycles. The molecule has 34 heavy (non-hydrogen) atoms. The first-order chi connectivity index (χ1) is 16.2. The number of halogens is 3. The summed E-state index contributed by atoms with van der Waals surface area (Å²) < 4.78 is 44.9. The summed E-state index contributed by atoms with van der Waals surface area (Å²) in [5.74, 6) is 1.35. The average Bonchev–Trinajstić information content (AvgIpc) is 3.62. The Morgan fingerprint density at radius 1 is 0.912 bits per heavy atom. The van der Waals surface area contributed by atoms with Crippen LogP contribution >= 0.6 is 0 Å². The Hall–Kier alpha value is -4.08. The molecule has 2 aromatic carbocycles. The normalized spacial score (nSPS) is 13.2. The number of alkyl halides is 3. The Morgan fingerprint density at radius 3 is 2.26 bits per heavy atom. The number of urea groups is 1. The van der Waals surface area contributed by atoms with Crippen molar-refractivity contribution in [1.82, 2.24) is 4.98 Å². The van der Waals surface area contributed by atoms with E-state index >= 15 is 0 Å². The molecule has 3 aromatic rings. The minimum Gasteiger partial charge on any atom is -0.457 e. The highest BCUT2D eigenvalue weighted by molar-refractivity contribution is 5.99. The fourth-order valence-corrected chi connectivity index (χ4v) is 3.16. The molecule has 0 spiro atoms. The van der Waals surface area contributed by atoms with E-state index in [1.165, 1.54) is 25.3 Å². The van der Waals surface area contributed by atoms with Gasteiger partial charge in [-0.2, -0.15) is 13.2 Å². The fourth-order valence-electron chi connectivity index (χ4n) is 3.16. The van der Waals surface area contributed by atoms with E-state index in [1.54, 1.807) is 36.4 Å². The fraction of sp³-hybridized carbons (Fsp3) is 0.208. The zero-order valence-electron chi connectivity index (χ0n) is 18.1. The highest BCUT2D eigenvalue weighted by atomic mass is 19.4. The van der Waals surface area contributed by atoms with Gasteiger partial charge in [0.25, 0.3) is 0 Å². The number of rotatable bonds is 6. The third-order valence-corrected chi connectivity index (χ3v) is 5.08. The first-order valence-corrected chi connectivity index (χ1v) is 10.5. The molecular weight excluding hydrogens is 449 g/mol. The molecule has 7 nitrogen and oxygen atoms in total. The van der Waals surface area contributed by atoms with Gasteiger partial charge in [0.1, 0.15) is 17.3 Å². The molecular formula is C24H21F3N4O3. The summed E-state index contributed by atoms with van der Waals surface area (Å²) in [5.41, 5.74) is -0.295. The van der Waals surface area contributed by atoms with Crippen LogP contribution < -0.4 is 20.7 Å². The first kappa shape index (κ1) is 23.1. The summed E-state index contributed by atoms with van der Waals surface area (Å²) in [6.07, 6.45) is -1.21.